The molecule has 84 valence electrons. The third kappa shape index (κ3) is 4.37. The third-order valence-corrected chi connectivity index (χ3v) is 2.14. The smallest absolute Gasteiger partial charge is 0.107 e. The first-order valence-electron chi connectivity index (χ1n) is 5.19. The van der Waals surface area contributed by atoms with Crippen molar-refractivity contribution < 1.29 is 19.3 Å². The van der Waals surface area contributed by atoms with E-state index in [-0.39, 0.29) is 18.3 Å². The monoisotopic (exact) mass is 204 g/mol. The van der Waals surface area contributed by atoms with E-state index >= 15 is 0 Å². The van der Waals surface area contributed by atoms with Crippen LogP contribution in [0.2, 0.25) is 0 Å². The molecule has 2 atom stereocenters. The Morgan fingerprint density at radius 1 is 1.43 bits per heavy atom. The van der Waals surface area contributed by atoms with E-state index < -0.39 is 0 Å². The Morgan fingerprint density at radius 2 is 2.21 bits per heavy atom. The number of hydrogen-bond acceptors (Lipinski definition) is 4. The van der Waals surface area contributed by atoms with Crippen LogP contribution in [0, 0.1) is 0 Å². The SMILES string of the molecule is CC(C)OCCOC1COCCC1O. The van der Waals surface area contributed by atoms with E-state index in [1.807, 2.05) is 13.8 Å². The number of ether oxygens (including phenoxy) is 3. The van der Waals surface area contributed by atoms with Gasteiger partial charge in [-0.3, -0.25) is 0 Å². The Morgan fingerprint density at radius 3 is 2.86 bits per heavy atom. The van der Waals surface area contributed by atoms with Crippen molar-refractivity contribution >= 4 is 0 Å². The zero-order valence-corrected chi connectivity index (χ0v) is 8.94. The maximum Gasteiger partial charge on any atom is 0.107 e. The van der Waals surface area contributed by atoms with Crippen LogP contribution in [0.5, 0.6) is 0 Å². The van der Waals surface area contributed by atoms with Crippen LogP contribution in [0.1, 0.15) is 20.3 Å². The van der Waals surface area contributed by atoms with Gasteiger partial charge >= 0.3 is 0 Å². The van der Waals surface area contributed by atoms with E-state index in [1.165, 1.54) is 0 Å². The van der Waals surface area contributed by atoms with Crippen LogP contribution in [0.15, 0.2) is 0 Å². The van der Waals surface area contributed by atoms with E-state index in [1.54, 1.807) is 0 Å². The van der Waals surface area contributed by atoms with E-state index in [0.717, 1.165) is 0 Å². The van der Waals surface area contributed by atoms with Gasteiger partial charge in [0.15, 0.2) is 0 Å². The van der Waals surface area contributed by atoms with Crippen molar-refractivity contribution in [1.82, 2.24) is 0 Å². The molecule has 1 fully saturated rings. The molecule has 1 rings (SSSR count). The molecule has 0 aromatic rings. The van der Waals surface area contributed by atoms with Crippen molar-refractivity contribution in [1.29, 1.82) is 0 Å². The molecule has 0 saturated carbocycles. The van der Waals surface area contributed by atoms with Gasteiger partial charge in [0.2, 0.25) is 0 Å². The average Bonchev–Trinajstić information content (AvgIpc) is 2.15. The summed E-state index contributed by atoms with van der Waals surface area (Å²) in [5.74, 6) is 0. The lowest BCUT2D eigenvalue weighted by atomic mass is 10.1. The summed E-state index contributed by atoms with van der Waals surface area (Å²) in [4.78, 5) is 0. The van der Waals surface area contributed by atoms with Crippen molar-refractivity contribution in [3.63, 3.8) is 0 Å². The molecule has 1 heterocycles. The summed E-state index contributed by atoms with van der Waals surface area (Å²) in [6.07, 6.45) is 0.323. The Hall–Kier alpha value is -0.160. The zero-order valence-electron chi connectivity index (χ0n) is 8.94. The van der Waals surface area contributed by atoms with Gasteiger partial charge in [0.1, 0.15) is 6.10 Å². The molecular formula is C10H20O4. The van der Waals surface area contributed by atoms with Crippen LogP contribution in [-0.2, 0) is 14.2 Å². The van der Waals surface area contributed by atoms with Crippen molar-refractivity contribution in [2.75, 3.05) is 26.4 Å². The van der Waals surface area contributed by atoms with Gasteiger partial charge in [0, 0.05) is 6.61 Å². The Kier molecular flexibility index (Phi) is 5.40. The van der Waals surface area contributed by atoms with Gasteiger partial charge in [-0.15, -0.1) is 0 Å². The second-order valence-electron chi connectivity index (χ2n) is 3.76. The van der Waals surface area contributed by atoms with Gasteiger partial charge in [-0.05, 0) is 20.3 Å². The van der Waals surface area contributed by atoms with Gasteiger partial charge in [0.05, 0.1) is 32.0 Å². The van der Waals surface area contributed by atoms with Gasteiger partial charge < -0.3 is 19.3 Å². The van der Waals surface area contributed by atoms with E-state index in [2.05, 4.69) is 0 Å². The van der Waals surface area contributed by atoms with Crippen molar-refractivity contribution in [3.05, 3.63) is 0 Å². The van der Waals surface area contributed by atoms with E-state index in [4.69, 9.17) is 14.2 Å². The van der Waals surface area contributed by atoms with Crippen LogP contribution in [0.25, 0.3) is 0 Å². The first-order valence-corrected chi connectivity index (χ1v) is 5.19. The van der Waals surface area contributed by atoms with Gasteiger partial charge in [-0.2, -0.15) is 0 Å². The summed E-state index contributed by atoms with van der Waals surface area (Å²) >= 11 is 0. The normalized spacial score (nSPS) is 28.3. The highest BCUT2D eigenvalue weighted by Gasteiger charge is 2.23. The summed E-state index contributed by atoms with van der Waals surface area (Å²) in [7, 11) is 0. The lowest BCUT2D eigenvalue weighted by Crippen LogP contribution is -2.39. The summed E-state index contributed by atoms with van der Waals surface area (Å²) in [5, 5.41) is 9.53. The molecule has 14 heavy (non-hydrogen) atoms. The van der Waals surface area contributed by atoms with Crippen molar-refractivity contribution in [2.24, 2.45) is 0 Å². The first-order chi connectivity index (χ1) is 6.70. The van der Waals surface area contributed by atoms with E-state index in [0.29, 0.717) is 32.8 Å². The van der Waals surface area contributed by atoms with Gasteiger partial charge in [0.25, 0.3) is 0 Å². The first kappa shape index (κ1) is 11.9. The second-order valence-corrected chi connectivity index (χ2v) is 3.76. The third-order valence-electron chi connectivity index (χ3n) is 2.14. The fourth-order valence-electron chi connectivity index (χ4n) is 1.34. The van der Waals surface area contributed by atoms with E-state index in [9.17, 15) is 5.11 Å². The lowest BCUT2D eigenvalue weighted by Gasteiger charge is -2.27. The maximum atomic E-state index is 9.53. The zero-order chi connectivity index (χ0) is 10.4. The quantitative estimate of drug-likeness (QED) is 0.665. The molecule has 0 aromatic carbocycles. The average molecular weight is 204 g/mol. The van der Waals surface area contributed by atoms with Gasteiger partial charge in [-0.25, -0.2) is 0 Å². The van der Waals surface area contributed by atoms with Crippen LogP contribution < -0.4 is 0 Å². The van der Waals surface area contributed by atoms with Crippen LogP contribution in [0.4, 0.5) is 0 Å². The van der Waals surface area contributed by atoms with Crippen LogP contribution in [0.3, 0.4) is 0 Å². The van der Waals surface area contributed by atoms with Crippen molar-refractivity contribution in [2.45, 2.75) is 38.6 Å². The predicted octanol–water partition coefficient (Wildman–Crippen LogP) is 0.578. The minimum atomic E-state index is -0.386. The predicted molar refractivity (Wildman–Crippen MR) is 52.3 cm³/mol. The fourth-order valence-corrected chi connectivity index (χ4v) is 1.34. The number of rotatable bonds is 5. The molecule has 0 aromatic heterocycles. The summed E-state index contributed by atoms with van der Waals surface area (Å²) in [6.45, 7) is 6.17. The molecule has 1 N–H and O–H groups in total. The van der Waals surface area contributed by atoms with Crippen LogP contribution >= 0.6 is 0 Å². The largest absolute Gasteiger partial charge is 0.390 e. The maximum absolute atomic E-state index is 9.53. The second kappa shape index (κ2) is 6.35. The standard InChI is InChI=1S/C10H20O4/c1-8(2)13-5-6-14-10-7-12-4-3-9(10)11/h8-11H,3-7H2,1-2H3. The Bertz CT molecular complexity index is 149. The fraction of sp³-hybridized carbons (Fsp3) is 1.00. The van der Waals surface area contributed by atoms with Gasteiger partial charge in [-0.1, -0.05) is 0 Å². The number of aliphatic hydroxyl groups excluding tert-OH is 1. The summed E-state index contributed by atoms with van der Waals surface area (Å²) < 4.78 is 16.0. The van der Waals surface area contributed by atoms with Crippen LogP contribution in [-0.4, -0.2) is 49.8 Å². The number of hydrogen-bond donors (Lipinski definition) is 1. The molecule has 0 bridgehead atoms. The minimum absolute atomic E-state index is 0.181. The molecule has 1 aliphatic heterocycles. The molecule has 0 aliphatic carbocycles. The summed E-state index contributed by atoms with van der Waals surface area (Å²) in [5.41, 5.74) is 0. The molecule has 0 spiro atoms. The highest BCUT2D eigenvalue weighted by Crippen LogP contribution is 2.10. The molecule has 4 nitrogen and oxygen atoms in total. The molecule has 1 aliphatic rings. The highest BCUT2D eigenvalue weighted by atomic mass is 16.6. The van der Waals surface area contributed by atoms with Crippen molar-refractivity contribution in [3.8, 4) is 0 Å². The molecular weight excluding hydrogens is 184 g/mol. The topological polar surface area (TPSA) is 47.9 Å². The molecule has 0 radical (unpaired) electrons. The minimum Gasteiger partial charge on any atom is -0.390 e. The summed E-state index contributed by atoms with van der Waals surface area (Å²) in [6, 6.07) is 0. The molecule has 2 unspecified atom stereocenters. The lowest BCUT2D eigenvalue weighted by molar-refractivity contribution is -0.126. The highest BCUT2D eigenvalue weighted by molar-refractivity contribution is 4.72. The molecule has 0 amide bonds. The number of aliphatic hydroxyl groups is 1. The molecule has 1 saturated heterocycles. The Balaban J connectivity index is 2.04. The molecule has 4 heteroatoms. The Labute approximate surface area is 85.2 Å².